The second-order valence-electron chi connectivity index (χ2n) is 21.4. The molecule has 2 aliphatic carbocycles. The van der Waals surface area contributed by atoms with Gasteiger partial charge in [-0.15, -0.1) is 0 Å². The normalized spacial score (nSPS) is 15.6. The molecule has 1 aromatic heterocycles. The van der Waals surface area contributed by atoms with Crippen LogP contribution in [0.2, 0.25) is 0 Å². The van der Waals surface area contributed by atoms with E-state index in [2.05, 4.69) is 218 Å². The van der Waals surface area contributed by atoms with Gasteiger partial charge in [0.25, 0.3) is 6.71 Å². The molecule has 0 saturated heterocycles. The van der Waals surface area contributed by atoms with Gasteiger partial charge in [-0.25, -0.2) is 0 Å². The fourth-order valence-corrected chi connectivity index (χ4v) is 11.5. The summed E-state index contributed by atoms with van der Waals surface area (Å²) >= 11 is 0. The molecule has 12 rings (SSSR count). The summed E-state index contributed by atoms with van der Waals surface area (Å²) in [6, 6.07) is 53.6. The molecule has 0 radical (unpaired) electrons. The van der Waals surface area contributed by atoms with Crippen molar-refractivity contribution in [2.24, 2.45) is 0 Å². The minimum Gasteiger partial charge on any atom is -0.460 e. The van der Waals surface area contributed by atoms with Crippen LogP contribution in [0.1, 0.15) is 107 Å². The van der Waals surface area contributed by atoms with E-state index >= 15 is 0 Å². The van der Waals surface area contributed by atoms with Crippen LogP contribution in [0, 0.1) is 6.92 Å². The number of aryl methyl sites for hydroxylation is 2. The Morgan fingerprint density at radius 3 is 2.00 bits per heavy atom. The van der Waals surface area contributed by atoms with Gasteiger partial charge >= 0.3 is 0 Å². The Kier molecular flexibility index (Phi) is 8.25. The first-order valence-electron chi connectivity index (χ1n) is 23.3. The third-order valence-corrected chi connectivity index (χ3v) is 14.9. The van der Waals surface area contributed by atoms with E-state index in [1.54, 1.807) is 0 Å². The third-order valence-electron chi connectivity index (χ3n) is 14.9. The number of fused-ring (bicyclic) bond motifs is 10. The van der Waals surface area contributed by atoms with Crippen molar-refractivity contribution in [1.29, 1.82) is 0 Å². The zero-order valence-corrected chi connectivity index (χ0v) is 38.7. The standard InChI is InChI=1S/C60H55BN2O/c1-36-31-52-57-53(32-36)63(41-27-28-44-43-15-10-12-18-46(43)60(8,9)47(44)35-41)50-30-24-38(58(2,3)4)33-49(50)61(57)48-29-23-39(59(5,6)7)34-51(48)62(52)40-25-21-37(22-26-40)42-17-14-20-55-56(42)45-16-11-13-19-54(45)64-55/h10-13,15-19,21-35H,14,20H2,1-9H3. The van der Waals surface area contributed by atoms with Gasteiger partial charge in [0.1, 0.15) is 11.3 Å². The highest BCUT2D eigenvalue weighted by Crippen LogP contribution is 2.52. The quantitative estimate of drug-likeness (QED) is 0.165. The van der Waals surface area contributed by atoms with Gasteiger partial charge in [0.15, 0.2) is 0 Å². The molecule has 0 amide bonds. The number of benzene rings is 7. The zero-order chi connectivity index (χ0) is 44.0. The van der Waals surface area contributed by atoms with Crippen molar-refractivity contribution < 1.29 is 4.42 Å². The Morgan fingerprint density at radius 1 is 0.578 bits per heavy atom. The van der Waals surface area contributed by atoms with Crippen LogP contribution in [0.15, 0.2) is 150 Å². The molecule has 4 heteroatoms. The number of hydrogen-bond donors (Lipinski definition) is 0. The number of allylic oxidation sites excluding steroid dienone is 1. The smallest absolute Gasteiger partial charge is 0.252 e. The lowest BCUT2D eigenvalue weighted by atomic mass is 9.33. The van der Waals surface area contributed by atoms with Gasteiger partial charge in [-0.1, -0.05) is 146 Å². The Morgan fingerprint density at radius 2 is 1.23 bits per heavy atom. The van der Waals surface area contributed by atoms with E-state index in [1.807, 2.05) is 0 Å². The van der Waals surface area contributed by atoms with Crippen LogP contribution in [0.25, 0.3) is 27.7 Å². The van der Waals surface area contributed by atoms with Crippen molar-refractivity contribution in [3.05, 3.63) is 190 Å². The van der Waals surface area contributed by atoms with E-state index in [-0.39, 0.29) is 23.0 Å². The zero-order valence-electron chi connectivity index (χ0n) is 38.7. The molecule has 2 aliphatic heterocycles. The molecule has 3 heterocycles. The van der Waals surface area contributed by atoms with Crippen molar-refractivity contribution in [2.45, 2.75) is 91.4 Å². The minimum atomic E-state index is -0.113. The first kappa shape index (κ1) is 39.1. The summed E-state index contributed by atoms with van der Waals surface area (Å²) in [5.74, 6) is 1.09. The molecular formula is C60H55BN2O. The van der Waals surface area contributed by atoms with Crippen molar-refractivity contribution in [1.82, 2.24) is 0 Å². The average molecular weight is 831 g/mol. The monoisotopic (exact) mass is 830 g/mol. The molecule has 7 aromatic carbocycles. The summed E-state index contributed by atoms with van der Waals surface area (Å²) in [5, 5.41) is 1.19. The summed E-state index contributed by atoms with van der Waals surface area (Å²) in [6.07, 6.45) is 4.31. The van der Waals surface area contributed by atoms with Crippen LogP contribution < -0.4 is 26.2 Å². The Bertz CT molecular complexity index is 3290. The average Bonchev–Trinajstić information content (AvgIpc) is 3.77. The van der Waals surface area contributed by atoms with E-state index in [0.29, 0.717) is 0 Å². The molecule has 0 spiro atoms. The predicted molar refractivity (Wildman–Crippen MR) is 272 cm³/mol. The van der Waals surface area contributed by atoms with E-state index in [1.165, 1.54) is 106 Å². The van der Waals surface area contributed by atoms with Gasteiger partial charge in [0, 0.05) is 56.9 Å². The summed E-state index contributed by atoms with van der Waals surface area (Å²) in [5.41, 5.74) is 25.4. The second kappa shape index (κ2) is 13.5. The van der Waals surface area contributed by atoms with E-state index in [4.69, 9.17) is 4.42 Å². The van der Waals surface area contributed by atoms with Gasteiger partial charge in [-0.05, 0) is 145 Å². The molecule has 0 fully saturated rings. The molecule has 4 aliphatic rings. The number of rotatable bonds is 3. The third kappa shape index (κ3) is 5.67. The molecule has 314 valence electrons. The minimum absolute atomic E-state index is 0.0156. The second-order valence-corrected chi connectivity index (χ2v) is 21.4. The molecule has 0 N–H and O–H groups in total. The van der Waals surface area contributed by atoms with Gasteiger partial charge in [0.05, 0.1) is 0 Å². The molecule has 3 nitrogen and oxygen atoms in total. The maximum absolute atomic E-state index is 6.41. The molecule has 64 heavy (non-hydrogen) atoms. The maximum Gasteiger partial charge on any atom is 0.252 e. The highest BCUT2D eigenvalue weighted by molar-refractivity contribution is 7.00. The largest absolute Gasteiger partial charge is 0.460 e. The van der Waals surface area contributed by atoms with Crippen LogP contribution in [0.4, 0.5) is 34.1 Å². The predicted octanol–water partition coefficient (Wildman–Crippen LogP) is 14.1. The van der Waals surface area contributed by atoms with Crippen LogP contribution in [0.5, 0.6) is 0 Å². The van der Waals surface area contributed by atoms with Crippen molar-refractivity contribution in [3.8, 4) is 11.1 Å². The van der Waals surface area contributed by atoms with E-state index in [0.717, 1.165) is 29.9 Å². The molecule has 0 saturated carbocycles. The topological polar surface area (TPSA) is 19.6 Å². The Balaban J connectivity index is 1.08. The Hall–Kier alpha value is -6.52. The number of nitrogens with zero attached hydrogens (tertiary/aromatic N) is 2. The fourth-order valence-electron chi connectivity index (χ4n) is 11.5. The first-order chi connectivity index (χ1) is 30.7. The lowest BCUT2D eigenvalue weighted by Crippen LogP contribution is -2.61. The van der Waals surface area contributed by atoms with Crippen LogP contribution in [-0.4, -0.2) is 6.71 Å². The molecular weight excluding hydrogens is 775 g/mol. The van der Waals surface area contributed by atoms with Crippen LogP contribution in [-0.2, 0) is 22.7 Å². The summed E-state index contributed by atoms with van der Waals surface area (Å²) in [6.45, 7) is 21.1. The highest BCUT2D eigenvalue weighted by atomic mass is 16.3. The van der Waals surface area contributed by atoms with E-state index in [9.17, 15) is 0 Å². The van der Waals surface area contributed by atoms with Gasteiger partial charge in [-0.3, -0.25) is 0 Å². The maximum atomic E-state index is 6.41. The van der Waals surface area contributed by atoms with Gasteiger partial charge in [-0.2, -0.15) is 0 Å². The van der Waals surface area contributed by atoms with Crippen LogP contribution in [0.3, 0.4) is 0 Å². The Labute approximate surface area is 379 Å². The van der Waals surface area contributed by atoms with Crippen molar-refractivity contribution in [3.63, 3.8) is 0 Å². The summed E-state index contributed by atoms with van der Waals surface area (Å²) < 4.78 is 6.41. The highest BCUT2D eigenvalue weighted by Gasteiger charge is 2.45. The first-order valence-corrected chi connectivity index (χ1v) is 23.3. The van der Waals surface area contributed by atoms with Crippen molar-refractivity contribution >= 4 is 73.8 Å². The lowest BCUT2D eigenvalue weighted by molar-refractivity contribution is 0.545. The molecule has 0 unspecified atom stereocenters. The lowest BCUT2D eigenvalue weighted by Gasteiger charge is -2.45. The molecule has 0 atom stereocenters. The summed E-state index contributed by atoms with van der Waals surface area (Å²) in [7, 11) is 0. The number of para-hydroxylation sites is 1. The number of furan rings is 1. The van der Waals surface area contributed by atoms with Crippen molar-refractivity contribution in [2.75, 3.05) is 9.80 Å². The van der Waals surface area contributed by atoms with Crippen LogP contribution >= 0.6 is 0 Å². The molecule has 8 aromatic rings. The SMILES string of the molecule is Cc1cc2c3c(c1)N(c1ccc(C4=CCCc5oc6ccccc6c54)cc1)c1cc(C(C)(C)C)ccc1B3c1cc(C(C)(C)C)ccc1N2c1ccc2c(c1)C(C)(C)c1ccccc1-2. The fraction of sp³-hybridized carbons (Fsp3) is 0.233. The van der Waals surface area contributed by atoms with Gasteiger partial charge in [0.2, 0.25) is 0 Å². The number of hydrogen-bond acceptors (Lipinski definition) is 3. The van der Waals surface area contributed by atoms with E-state index < -0.39 is 0 Å². The number of anilines is 6. The summed E-state index contributed by atoms with van der Waals surface area (Å²) in [4.78, 5) is 5.16. The molecule has 0 bridgehead atoms. The van der Waals surface area contributed by atoms with Gasteiger partial charge < -0.3 is 14.2 Å².